The van der Waals surface area contributed by atoms with Crippen LogP contribution in [0, 0.1) is 6.92 Å². The molecular formula is C21H19N3O2. The SMILES string of the molecule is Cc1cccc(CNC(=O)c2cccc(C(=O)Nc3ccccc3)n2)c1. The number of aromatic nitrogens is 1. The number of nitrogens with zero attached hydrogens (tertiary/aromatic N) is 1. The van der Waals surface area contributed by atoms with Gasteiger partial charge in [0.1, 0.15) is 11.4 Å². The van der Waals surface area contributed by atoms with Gasteiger partial charge in [0.2, 0.25) is 0 Å². The van der Waals surface area contributed by atoms with Crippen molar-refractivity contribution in [1.82, 2.24) is 10.3 Å². The number of carbonyl (C=O) groups is 2. The van der Waals surface area contributed by atoms with Gasteiger partial charge in [-0.1, -0.05) is 54.1 Å². The van der Waals surface area contributed by atoms with Gasteiger partial charge in [-0.2, -0.15) is 0 Å². The standard InChI is InChI=1S/C21H19N3O2/c1-15-7-5-8-16(13-15)14-22-20(25)18-11-6-12-19(24-18)21(26)23-17-9-3-2-4-10-17/h2-13H,14H2,1H3,(H,22,25)(H,23,26). The van der Waals surface area contributed by atoms with Crippen molar-refractivity contribution >= 4 is 17.5 Å². The monoisotopic (exact) mass is 345 g/mol. The summed E-state index contributed by atoms with van der Waals surface area (Å²) in [6.45, 7) is 2.41. The molecule has 0 saturated carbocycles. The van der Waals surface area contributed by atoms with Crippen molar-refractivity contribution in [3.8, 4) is 0 Å². The predicted molar refractivity (Wildman–Crippen MR) is 101 cm³/mol. The topological polar surface area (TPSA) is 71.1 Å². The van der Waals surface area contributed by atoms with Crippen LogP contribution in [0.1, 0.15) is 32.1 Å². The summed E-state index contributed by atoms with van der Waals surface area (Å²) in [6.07, 6.45) is 0. The number of hydrogen-bond donors (Lipinski definition) is 2. The van der Waals surface area contributed by atoms with E-state index in [1.165, 1.54) is 0 Å². The molecule has 0 aliphatic heterocycles. The third kappa shape index (κ3) is 4.54. The average Bonchev–Trinajstić information content (AvgIpc) is 2.67. The lowest BCUT2D eigenvalue weighted by atomic mass is 10.1. The zero-order valence-corrected chi connectivity index (χ0v) is 14.4. The quantitative estimate of drug-likeness (QED) is 0.742. The first-order valence-electron chi connectivity index (χ1n) is 8.29. The number of pyridine rings is 1. The van der Waals surface area contributed by atoms with Crippen LogP contribution in [0.2, 0.25) is 0 Å². The number of aryl methyl sites for hydroxylation is 1. The number of nitrogens with one attached hydrogen (secondary N) is 2. The maximum atomic E-state index is 12.3. The highest BCUT2D eigenvalue weighted by Gasteiger charge is 2.12. The number of hydrogen-bond acceptors (Lipinski definition) is 3. The summed E-state index contributed by atoms with van der Waals surface area (Å²) in [5.41, 5.74) is 3.22. The van der Waals surface area contributed by atoms with Gasteiger partial charge in [-0.3, -0.25) is 9.59 Å². The number of carbonyl (C=O) groups excluding carboxylic acids is 2. The highest BCUT2D eigenvalue weighted by atomic mass is 16.2. The Morgan fingerprint density at radius 2 is 1.54 bits per heavy atom. The second-order valence-electron chi connectivity index (χ2n) is 5.90. The van der Waals surface area contributed by atoms with Crippen LogP contribution in [0.15, 0.2) is 72.8 Å². The van der Waals surface area contributed by atoms with Crippen LogP contribution in [0.4, 0.5) is 5.69 Å². The Morgan fingerprint density at radius 3 is 2.27 bits per heavy atom. The largest absolute Gasteiger partial charge is 0.347 e. The van der Waals surface area contributed by atoms with Crippen LogP contribution >= 0.6 is 0 Å². The van der Waals surface area contributed by atoms with Crippen LogP contribution in [0.25, 0.3) is 0 Å². The van der Waals surface area contributed by atoms with Gasteiger partial charge in [0.25, 0.3) is 11.8 Å². The molecule has 2 aromatic carbocycles. The molecule has 3 aromatic rings. The van der Waals surface area contributed by atoms with Gasteiger partial charge < -0.3 is 10.6 Å². The Bertz CT molecular complexity index is 923. The number of amides is 2. The first-order valence-corrected chi connectivity index (χ1v) is 8.29. The lowest BCUT2D eigenvalue weighted by Gasteiger charge is -2.08. The van der Waals surface area contributed by atoms with Crippen LogP contribution in [-0.4, -0.2) is 16.8 Å². The molecule has 26 heavy (non-hydrogen) atoms. The molecule has 0 unspecified atom stereocenters. The van der Waals surface area contributed by atoms with Gasteiger partial charge in [-0.05, 0) is 36.8 Å². The van der Waals surface area contributed by atoms with E-state index in [4.69, 9.17) is 0 Å². The highest BCUT2D eigenvalue weighted by molar-refractivity contribution is 6.03. The summed E-state index contributed by atoms with van der Waals surface area (Å²) in [5, 5.41) is 5.58. The van der Waals surface area contributed by atoms with E-state index in [9.17, 15) is 9.59 Å². The Hall–Kier alpha value is -3.47. The molecule has 1 aromatic heterocycles. The van der Waals surface area contributed by atoms with E-state index >= 15 is 0 Å². The molecule has 0 aliphatic rings. The zero-order valence-electron chi connectivity index (χ0n) is 14.4. The average molecular weight is 345 g/mol. The maximum absolute atomic E-state index is 12.3. The van der Waals surface area contributed by atoms with Gasteiger partial charge in [0, 0.05) is 12.2 Å². The number of rotatable bonds is 5. The van der Waals surface area contributed by atoms with Crippen molar-refractivity contribution in [2.45, 2.75) is 13.5 Å². The fourth-order valence-electron chi connectivity index (χ4n) is 2.50. The smallest absolute Gasteiger partial charge is 0.274 e. The van der Waals surface area contributed by atoms with Gasteiger partial charge in [-0.25, -0.2) is 4.98 Å². The number of benzene rings is 2. The van der Waals surface area contributed by atoms with E-state index in [1.807, 2.05) is 49.4 Å². The minimum atomic E-state index is -0.357. The number of para-hydroxylation sites is 1. The number of anilines is 1. The second kappa shape index (κ2) is 8.07. The summed E-state index contributed by atoms with van der Waals surface area (Å²) in [6, 6.07) is 21.8. The van der Waals surface area contributed by atoms with Crippen LogP contribution in [-0.2, 0) is 6.54 Å². The molecule has 0 atom stereocenters. The summed E-state index contributed by atoms with van der Waals surface area (Å²) in [7, 11) is 0. The Labute approximate surface area is 152 Å². The van der Waals surface area contributed by atoms with Crippen molar-refractivity contribution in [2.24, 2.45) is 0 Å². The summed E-state index contributed by atoms with van der Waals surface area (Å²) in [5.74, 6) is -0.676. The molecule has 3 rings (SSSR count). The summed E-state index contributed by atoms with van der Waals surface area (Å²) in [4.78, 5) is 28.8. The first-order chi connectivity index (χ1) is 12.6. The van der Waals surface area contributed by atoms with E-state index in [1.54, 1.807) is 30.3 Å². The molecule has 0 saturated heterocycles. The van der Waals surface area contributed by atoms with Gasteiger partial charge in [-0.15, -0.1) is 0 Å². The van der Waals surface area contributed by atoms with Crippen LogP contribution in [0.5, 0.6) is 0 Å². The lowest BCUT2D eigenvalue weighted by Crippen LogP contribution is -2.25. The molecule has 5 nitrogen and oxygen atoms in total. The van der Waals surface area contributed by atoms with Gasteiger partial charge >= 0.3 is 0 Å². The molecule has 2 amide bonds. The molecule has 130 valence electrons. The maximum Gasteiger partial charge on any atom is 0.274 e. The van der Waals surface area contributed by atoms with E-state index in [0.717, 1.165) is 11.1 Å². The molecule has 0 aliphatic carbocycles. The minimum Gasteiger partial charge on any atom is -0.347 e. The Kier molecular flexibility index (Phi) is 5.39. The molecule has 0 radical (unpaired) electrons. The molecule has 1 heterocycles. The molecule has 0 fully saturated rings. The summed E-state index contributed by atoms with van der Waals surface area (Å²) < 4.78 is 0. The second-order valence-corrected chi connectivity index (χ2v) is 5.90. The molecular weight excluding hydrogens is 326 g/mol. The molecule has 0 spiro atoms. The van der Waals surface area contributed by atoms with E-state index < -0.39 is 0 Å². The van der Waals surface area contributed by atoms with E-state index in [0.29, 0.717) is 12.2 Å². The fourth-order valence-corrected chi connectivity index (χ4v) is 2.50. The minimum absolute atomic E-state index is 0.192. The third-order valence-corrected chi connectivity index (χ3v) is 3.78. The van der Waals surface area contributed by atoms with Gasteiger partial charge in [0.05, 0.1) is 0 Å². The Morgan fingerprint density at radius 1 is 0.846 bits per heavy atom. The molecule has 2 N–H and O–H groups in total. The van der Waals surface area contributed by atoms with Crippen molar-refractivity contribution in [1.29, 1.82) is 0 Å². The molecule has 5 heteroatoms. The lowest BCUT2D eigenvalue weighted by molar-refractivity contribution is 0.0945. The van der Waals surface area contributed by atoms with Gasteiger partial charge in [0.15, 0.2) is 0 Å². The highest BCUT2D eigenvalue weighted by Crippen LogP contribution is 2.08. The fraction of sp³-hybridized carbons (Fsp3) is 0.0952. The van der Waals surface area contributed by atoms with Crippen molar-refractivity contribution < 1.29 is 9.59 Å². The summed E-state index contributed by atoms with van der Waals surface area (Å²) >= 11 is 0. The predicted octanol–water partition coefficient (Wildman–Crippen LogP) is 3.57. The van der Waals surface area contributed by atoms with Crippen molar-refractivity contribution in [3.05, 3.63) is 95.3 Å². The van der Waals surface area contributed by atoms with Crippen LogP contribution < -0.4 is 10.6 Å². The van der Waals surface area contributed by atoms with Crippen LogP contribution in [0.3, 0.4) is 0 Å². The third-order valence-electron chi connectivity index (χ3n) is 3.78. The van der Waals surface area contributed by atoms with Crippen molar-refractivity contribution in [3.63, 3.8) is 0 Å². The van der Waals surface area contributed by atoms with E-state index in [2.05, 4.69) is 15.6 Å². The molecule has 0 bridgehead atoms. The Balaban J connectivity index is 1.66. The zero-order chi connectivity index (χ0) is 18.4. The first kappa shape index (κ1) is 17.4. The normalized spacial score (nSPS) is 10.2. The van der Waals surface area contributed by atoms with Crippen molar-refractivity contribution in [2.75, 3.05) is 5.32 Å². The van der Waals surface area contributed by atoms with E-state index in [-0.39, 0.29) is 23.2 Å².